The average Bonchev–Trinajstić information content (AvgIpc) is 2.28. The Bertz CT molecular complexity index is 511. The summed E-state index contributed by atoms with van der Waals surface area (Å²) >= 11 is 0. The van der Waals surface area contributed by atoms with Crippen LogP contribution in [0.15, 0.2) is 42.5 Å². The summed E-state index contributed by atoms with van der Waals surface area (Å²) in [6.07, 6.45) is 0. The average molecular weight is 217 g/mol. The first-order chi connectivity index (χ1) is 7.68. The Morgan fingerprint density at radius 1 is 0.688 bits per heavy atom. The molecule has 0 heterocycles. The second-order valence-electron chi connectivity index (χ2n) is 3.32. The van der Waals surface area contributed by atoms with E-state index in [0.29, 0.717) is 11.4 Å². The molecule has 0 atom stereocenters. The van der Waals surface area contributed by atoms with Crippen molar-refractivity contribution in [1.82, 2.24) is 0 Å². The van der Waals surface area contributed by atoms with E-state index in [2.05, 4.69) is 5.32 Å². The highest BCUT2D eigenvalue weighted by Gasteiger charge is 2.07. The highest BCUT2D eigenvalue weighted by Crippen LogP contribution is 2.36. The van der Waals surface area contributed by atoms with Crippen molar-refractivity contribution in [1.29, 1.82) is 0 Å². The lowest BCUT2D eigenvalue weighted by atomic mass is 10.2. The van der Waals surface area contributed by atoms with Gasteiger partial charge in [-0.05, 0) is 24.3 Å². The molecule has 0 radical (unpaired) electrons. The van der Waals surface area contributed by atoms with E-state index < -0.39 is 0 Å². The summed E-state index contributed by atoms with van der Waals surface area (Å²) in [6, 6.07) is 11.2. The lowest BCUT2D eigenvalue weighted by Gasteiger charge is -2.10. The Labute approximate surface area is 92.4 Å². The molecule has 16 heavy (non-hydrogen) atoms. The maximum absolute atomic E-state index is 9.56. The Hall–Kier alpha value is -2.36. The predicted molar refractivity (Wildman–Crippen MR) is 61.2 cm³/mol. The Morgan fingerprint density at radius 2 is 1.31 bits per heavy atom. The molecule has 2 aromatic carbocycles. The van der Waals surface area contributed by atoms with E-state index in [4.69, 9.17) is 0 Å². The largest absolute Gasteiger partial charge is 0.506 e. The van der Waals surface area contributed by atoms with Gasteiger partial charge in [-0.25, -0.2) is 0 Å². The number of anilines is 2. The summed E-state index contributed by atoms with van der Waals surface area (Å²) in [5.41, 5.74) is 0.796. The van der Waals surface area contributed by atoms with Gasteiger partial charge < -0.3 is 20.6 Å². The first kappa shape index (κ1) is 10.2. The van der Waals surface area contributed by atoms with Crippen LogP contribution in [0.1, 0.15) is 0 Å². The molecular formula is C12H11NO3. The number of aromatic hydroxyl groups is 3. The van der Waals surface area contributed by atoms with Gasteiger partial charge in [0.25, 0.3) is 0 Å². The molecule has 0 saturated carbocycles. The molecule has 0 bridgehead atoms. The predicted octanol–water partition coefficient (Wildman–Crippen LogP) is 2.55. The van der Waals surface area contributed by atoms with Gasteiger partial charge in [-0.3, -0.25) is 0 Å². The molecule has 0 aliphatic carbocycles. The number of nitrogens with one attached hydrogen (secondary N) is 1. The zero-order valence-electron chi connectivity index (χ0n) is 8.38. The van der Waals surface area contributed by atoms with Gasteiger partial charge in [0.15, 0.2) is 11.5 Å². The number of hydrogen-bond donors (Lipinski definition) is 4. The molecule has 0 aliphatic heterocycles. The van der Waals surface area contributed by atoms with Crippen LogP contribution in [0, 0.1) is 0 Å². The molecule has 4 nitrogen and oxygen atoms in total. The lowest BCUT2D eigenvalue weighted by molar-refractivity contribution is 0.405. The zero-order valence-corrected chi connectivity index (χ0v) is 8.38. The minimum absolute atomic E-state index is 0.0743. The van der Waals surface area contributed by atoms with Gasteiger partial charge in [-0.1, -0.05) is 18.2 Å². The van der Waals surface area contributed by atoms with E-state index >= 15 is 0 Å². The number of phenols is 3. The number of rotatable bonds is 2. The topological polar surface area (TPSA) is 72.7 Å². The van der Waals surface area contributed by atoms with Crippen molar-refractivity contribution >= 4 is 11.4 Å². The lowest BCUT2D eigenvalue weighted by Crippen LogP contribution is -1.90. The summed E-state index contributed by atoms with van der Waals surface area (Å²) in [6.45, 7) is 0. The van der Waals surface area contributed by atoms with E-state index in [0.717, 1.165) is 0 Å². The molecule has 0 amide bonds. The van der Waals surface area contributed by atoms with Crippen LogP contribution >= 0.6 is 0 Å². The zero-order chi connectivity index (χ0) is 11.5. The van der Waals surface area contributed by atoms with Crippen LogP contribution in [0.4, 0.5) is 11.4 Å². The van der Waals surface area contributed by atoms with Gasteiger partial charge in [0.2, 0.25) is 0 Å². The molecule has 0 unspecified atom stereocenters. The van der Waals surface area contributed by atoms with Gasteiger partial charge in [-0.15, -0.1) is 0 Å². The molecule has 0 fully saturated rings. The second kappa shape index (κ2) is 4.02. The Balaban J connectivity index is 2.35. The number of phenolic OH excluding ortho intramolecular Hbond substituents is 3. The summed E-state index contributed by atoms with van der Waals surface area (Å²) in [7, 11) is 0. The van der Waals surface area contributed by atoms with E-state index in [-0.39, 0.29) is 17.2 Å². The van der Waals surface area contributed by atoms with E-state index in [9.17, 15) is 15.3 Å². The quantitative estimate of drug-likeness (QED) is 0.583. The van der Waals surface area contributed by atoms with Crippen LogP contribution in [0.3, 0.4) is 0 Å². The van der Waals surface area contributed by atoms with Gasteiger partial charge in [0.1, 0.15) is 5.75 Å². The van der Waals surface area contributed by atoms with Crippen LogP contribution in [0.5, 0.6) is 17.2 Å². The first-order valence-electron chi connectivity index (χ1n) is 4.74. The van der Waals surface area contributed by atoms with Gasteiger partial charge in [0.05, 0.1) is 11.4 Å². The smallest absolute Gasteiger partial charge is 0.181 e. The van der Waals surface area contributed by atoms with E-state index in [1.165, 1.54) is 12.1 Å². The SMILES string of the molecule is Oc1ccccc1Nc1cccc(O)c1O. The molecule has 2 aromatic rings. The van der Waals surface area contributed by atoms with Crippen LogP contribution < -0.4 is 5.32 Å². The monoisotopic (exact) mass is 217 g/mol. The summed E-state index contributed by atoms with van der Waals surface area (Å²) in [5.74, 6) is -0.378. The maximum atomic E-state index is 9.56. The molecule has 0 aromatic heterocycles. The fourth-order valence-corrected chi connectivity index (χ4v) is 1.36. The van der Waals surface area contributed by atoms with Crippen molar-refractivity contribution in [3.05, 3.63) is 42.5 Å². The highest BCUT2D eigenvalue weighted by atomic mass is 16.3. The number of hydrogen-bond acceptors (Lipinski definition) is 4. The third kappa shape index (κ3) is 1.86. The van der Waals surface area contributed by atoms with Gasteiger partial charge >= 0.3 is 0 Å². The Morgan fingerprint density at radius 3 is 2.06 bits per heavy atom. The second-order valence-corrected chi connectivity index (χ2v) is 3.32. The van der Waals surface area contributed by atoms with Crippen molar-refractivity contribution in [2.45, 2.75) is 0 Å². The van der Waals surface area contributed by atoms with E-state index in [1.807, 2.05) is 0 Å². The molecule has 82 valence electrons. The minimum atomic E-state index is -0.245. The third-order valence-corrected chi connectivity index (χ3v) is 2.19. The van der Waals surface area contributed by atoms with Crippen molar-refractivity contribution < 1.29 is 15.3 Å². The summed E-state index contributed by atoms with van der Waals surface area (Å²) in [4.78, 5) is 0. The van der Waals surface area contributed by atoms with Crippen molar-refractivity contribution in [2.24, 2.45) is 0 Å². The highest BCUT2D eigenvalue weighted by molar-refractivity contribution is 5.72. The van der Waals surface area contributed by atoms with Gasteiger partial charge in [0, 0.05) is 0 Å². The van der Waals surface area contributed by atoms with Crippen molar-refractivity contribution in [3.8, 4) is 17.2 Å². The summed E-state index contributed by atoms with van der Waals surface area (Å²) in [5, 5.41) is 31.2. The van der Waals surface area contributed by atoms with Crippen LogP contribution in [0.25, 0.3) is 0 Å². The molecule has 0 saturated heterocycles. The van der Waals surface area contributed by atoms with Crippen molar-refractivity contribution in [3.63, 3.8) is 0 Å². The van der Waals surface area contributed by atoms with Crippen LogP contribution in [-0.4, -0.2) is 15.3 Å². The van der Waals surface area contributed by atoms with E-state index in [1.54, 1.807) is 30.3 Å². The number of benzene rings is 2. The summed E-state index contributed by atoms with van der Waals surface area (Å²) < 4.78 is 0. The number of para-hydroxylation sites is 3. The molecular weight excluding hydrogens is 206 g/mol. The minimum Gasteiger partial charge on any atom is -0.506 e. The molecule has 0 aliphatic rings. The van der Waals surface area contributed by atoms with Crippen LogP contribution in [0.2, 0.25) is 0 Å². The molecule has 4 N–H and O–H groups in total. The fourth-order valence-electron chi connectivity index (χ4n) is 1.36. The third-order valence-electron chi connectivity index (χ3n) is 2.19. The standard InChI is InChI=1S/C12H11NO3/c14-10-6-2-1-4-8(10)13-9-5-3-7-11(15)12(9)16/h1-7,13-16H. The normalized spacial score (nSPS) is 10.0. The molecule has 0 spiro atoms. The maximum Gasteiger partial charge on any atom is 0.181 e. The van der Waals surface area contributed by atoms with Crippen LogP contribution in [-0.2, 0) is 0 Å². The van der Waals surface area contributed by atoms with Crippen molar-refractivity contribution in [2.75, 3.05) is 5.32 Å². The first-order valence-corrected chi connectivity index (χ1v) is 4.74. The molecule has 4 heteroatoms. The fraction of sp³-hybridized carbons (Fsp3) is 0. The molecule has 2 rings (SSSR count). The van der Waals surface area contributed by atoms with Gasteiger partial charge in [-0.2, -0.15) is 0 Å². The Kier molecular flexibility index (Phi) is 2.55.